The average Bonchev–Trinajstić information content (AvgIpc) is 2.68. The number of rotatable bonds is 5. The Kier molecular flexibility index (Phi) is 6.28. The van der Waals surface area contributed by atoms with Gasteiger partial charge in [0.15, 0.2) is 0 Å². The lowest BCUT2D eigenvalue weighted by Gasteiger charge is -2.26. The van der Waals surface area contributed by atoms with E-state index >= 15 is 0 Å². The maximum atomic E-state index is 12.7. The molecule has 2 aromatic rings. The van der Waals surface area contributed by atoms with E-state index in [1.54, 1.807) is 18.2 Å². The zero-order valence-electron chi connectivity index (χ0n) is 16.0. The molecule has 1 saturated heterocycles. The fraction of sp³-hybridized carbons (Fsp3) is 0.286. The lowest BCUT2D eigenvalue weighted by atomic mass is 10.1. The summed E-state index contributed by atoms with van der Waals surface area (Å²) in [5.41, 5.74) is 3.65. The lowest BCUT2D eigenvalue weighted by Crippen LogP contribution is -2.40. The summed E-state index contributed by atoms with van der Waals surface area (Å²) in [7, 11) is -3.60. The van der Waals surface area contributed by atoms with Gasteiger partial charge in [0.25, 0.3) is 0 Å². The molecule has 0 spiro atoms. The highest BCUT2D eigenvalue weighted by molar-refractivity contribution is 7.89. The first-order valence-corrected chi connectivity index (χ1v) is 10.5. The molecule has 0 unspecified atom stereocenters. The highest BCUT2D eigenvalue weighted by atomic mass is 32.2. The van der Waals surface area contributed by atoms with E-state index in [-0.39, 0.29) is 10.8 Å². The van der Waals surface area contributed by atoms with E-state index in [4.69, 9.17) is 4.74 Å². The van der Waals surface area contributed by atoms with Crippen molar-refractivity contribution in [1.82, 2.24) is 4.31 Å². The molecule has 0 bridgehead atoms. The van der Waals surface area contributed by atoms with E-state index in [1.807, 2.05) is 26.0 Å². The Morgan fingerprint density at radius 1 is 1.11 bits per heavy atom. The fourth-order valence-electron chi connectivity index (χ4n) is 3.03. The van der Waals surface area contributed by atoms with Gasteiger partial charge in [0.05, 0.1) is 18.1 Å². The van der Waals surface area contributed by atoms with Crippen molar-refractivity contribution in [1.29, 1.82) is 0 Å². The van der Waals surface area contributed by atoms with Crippen molar-refractivity contribution in [3.8, 4) is 0 Å². The molecule has 0 aromatic heterocycles. The molecule has 1 aliphatic heterocycles. The topological polar surface area (TPSA) is 75.7 Å². The Bertz CT molecular complexity index is 993. The molecular formula is C21H24N2O4S. The van der Waals surface area contributed by atoms with E-state index in [0.29, 0.717) is 32.0 Å². The largest absolute Gasteiger partial charge is 0.379 e. The number of hydrogen-bond acceptors (Lipinski definition) is 4. The third kappa shape index (κ3) is 4.86. The van der Waals surface area contributed by atoms with Gasteiger partial charge in [-0.2, -0.15) is 4.31 Å². The summed E-state index contributed by atoms with van der Waals surface area (Å²) in [6.45, 7) is 5.45. The van der Waals surface area contributed by atoms with Crippen molar-refractivity contribution in [2.45, 2.75) is 18.7 Å². The zero-order chi connectivity index (χ0) is 20.1. The van der Waals surface area contributed by atoms with Crippen molar-refractivity contribution < 1.29 is 17.9 Å². The lowest BCUT2D eigenvalue weighted by molar-refractivity contribution is -0.111. The summed E-state index contributed by atoms with van der Waals surface area (Å²) in [6.07, 6.45) is 3.19. The Morgan fingerprint density at radius 2 is 1.86 bits per heavy atom. The van der Waals surface area contributed by atoms with Crippen LogP contribution in [0.15, 0.2) is 53.4 Å². The predicted molar refractivity (Wildman–Crippen MR) is 110 cm³/mol. The minimum absolute atomic E-state index is 0.158. The SMILES string of the molecule is Cc1ccc(C=CC(=O)Nc2cccc(S(=O)(=O)N3CCOCC3)c2)c(C)c1. The molecule has 6 nitrogen and oxygen atoms in total. The summed E-state index contributed by atoms with van der Waals surface area (Å²) < 4.78 is 32.1. The molecule has 1 amide bonds. The second-order valence-corrected chi connectivity index (χ2v) is 8.66. The van der Waals surface area contributed by atoms with E-state index < -0.39 is 10.0 Å². The monoisotopic (exact) mass is 400 g/mol. The number of anilines is 1. The molecule has 2 aromatic carbocycles. The Labute approximate surface area is 165 Å². The van der Waals surface area contributed by atoms with Gasteiger partial charge >= 0.3 is 0 Å². The normalized spacial score (nSPS) is 15.6. The predicted octanol–water partition coefficient (Wildman–Crippen LogP) is 2.98. The minimum Gasteiger partial charge on any atom is -0.379 e. The number of carbonyl (C=O) groups excluding carboxylic acids is 1. The Morgan fingerprint density at radius 3 is 2.57 bits per heavy atom. The van der Waals surface area contributed by atoms with Crippen LogP contribution in [0.3, 0.4) is 0 Å². The first-order chi connectivity index (χ1) is 13.4. The van der Waals surface area contributed by atoms with Crippen LogP contribution in [0, 0.1) is 13.8 Å². The van der Waals surface area contributed by atoms with Crippen LogP contribution in [-0.4, -0.2) is 44.9 Å². The maximum absolute atomic E-state index is 12.7. The van der Waals surface area contributed by atoms with Gasteiger partial charge in [-0.3, -0.25) is 4.79 Å². The quantitative estimate of drug-likeness (QED) is 0.783. The molecule has 148 valence electrons. The van der Waals surface area contributed by atoms with E-state index in [0.717, 1.165) is 16.7 Å². The molecule has 1 heterocycles. The molecule has 1 fully saturated rings. The van der Waals surface area contributed by atoms with Crippen molar-refractivity contribution in [3.63, 3.8) is 0 Å². The Hall–Kier alpha value is -2.48. The van der Waals surface area contributed by atoms with Crippen LogP contribution in [0.5, 0.6) is 0 Å². The van der Waals surface area contributed by atoms with Crippen molar-refractivity contribution in [2.24, 2.45) is 0 Å². The van der Waals surface area contributed by atoms with Crippen LogP contribution in [0.4, 0.5) is 5.69 Å². The van der Waals surface area contributed by atoms with E-state index in [1.165, 1.54) is 22.5 Å². The summed E-state index contributed by atoms with van der Waals surface area (Å²) in [5, 5.41) is 2.73. The van der Waals surface area contributed by atoms with Gasteiger partial charge in [0, 0.05) is 24.9 Å². The average molecular weight is 401 g/mol. The molecule has 0 atom stereocenters. The third-order valence-corrected chi connectivity index (χ3v) is 6.44. The van der Waals surface area contributed by atoms with Crippen molar-refractivity contribution in [3.05, 3.63) is 65.2 Å². The van der Waals surface area contributed by atoms with Gasteiger partial charge in [-0.05, 0) is 49.2 Å². The second kappa shape index (κ2) is 8.68. The third-order valence-electron chi connectivity index (χ3n) is 4.55. The number of aryl methyl sites for hydroxylation is 2. The summed E-state index contributed by atoms with van der Waals surface area (Å²) in [4.78, 5) is 12.4. The number of sulfonamides is 1. The van der Waals surface area contributed by atoms with Gasteiger partial charge in [-0.15, -0.1) is 0 Å². The zero-order valence-corrected chi connectivity index (χ0v) is 16.8. The number of ether oxygens (including phenoxy) is 1. The number of nitrogens with one attached hydrogen (secondary N) is 1. The molecule has 0 radical (unpaired) electrons. The van der Waals surface area contributed by atoms with Gasteiger partial charge in [0.2, 0.25) is 15.9 Å². The first-order valence-electron chi connectivity index (χ1n) is 9.10. The van der Waals surface area contributed by atoms with Crippen LogP contribution in [0.25, 0.3) is 6.08 Å². The molecule has 1 N–H and O–H groups in total. The van der Waals surface area contributed by atoms with Crippen LogP contribution >= 0.6 is 0 Å². The molecule has 3 rings (SSSR count). The van der Waals surface area contributed by atoms with Gasteiger partial charge in [-0.25, -0.2) is 8.42 Å². The number of nitrogens with zero attached hydrogens (tertiary/aromatic N) is 1. The fourth-order valence-corrected chi connectivity index (χ4v) is 4.49. The smallest absolute Gasteiger partial charge is 0.248 e. The number of hydrogen-bond donors (Lipinski definition) is 1. The van der Waals surface area contributed by atoms with E-state index in [9.17, 15) is 13.2 Å². The summed E-state index contributed by atoms with van der Waals surface area (Å²) >= 11 is 0. The maximum Gasteiger partial charge on any atom is 0.248 e. The molecule has 0 aliphatic carbocycles. The highest BCUT2D eigenvalue weighted by Crippen LogP contribution is 2.21. The van der Waals surface area contributed by atoms with E-state index in [2.05, 4.69) is 11.4 Å². The number of carbonyl (C=O) groups is 1. The second-order valence-electron chi connectivity index (χ2n) is 6.73. The first kappa shape index (κ1) is 20.3. The number of morpholine rings is 1. The minimum atomic E-state index is -3.60. The highest BCUT2D eigenvalue weighted by Gasteiger charge is 2.26. The molecule has 7 heteroatoms. The number of benzene rings is 2. The summed E-state index contributed by atoms with van der Waals surface area (Å²) in [5.74, 6) is -0.319. The van der Waals surface area contributed by atoms with Crippen LogP contribution in [0.2, 0.25) is 0 Å². The molecule has 28 heavy (non-hydrogen) atoms. The molecule has 1 aliphatic rings. The summed E-state index contributed by atoms with van der Waals surface area (Å²) in [6, 6.07) is 12.3. The van der Waals surface area contributed by atoms with Crippen LogP contribution in [-0.2, 0) is 19.6 Å². The van der Waals surface area contributed by atoms with Crippen molar-refractivity contribution in [2.75, 3.05) is 31.6 Å². The molecule has 0 saturated carbocycles. The van der Waals surface area contributed by atoms with Crippen LogP contribution < -0.4 is 5.32 Å². The standard InChI is InChI=1S/C21H24N2O4S/c1-16-6-7-18(17(2)14-16)8-9-21(24)22-19-4-3-5-20(15-19)28(25,26)23-10-12-27-13-11-23/h3-9,14-15H,10-13H2,1-2H3,(H,22,24). The van der Waals surface area contributed by atoms with Gasteiger partial charge < -0.3 is 10.1 Å². The molecular weight excluding hydrogens is 376 g/mol. The van der Waals surface area contributed by atoms with Gasteiger partial charge in [0.1, 0.15) is 0 Å². The van der Waals surface area contributed by atoms with Gasteiger partial charge in [-0.1, -0.05) is 29.8 Å². The number of amides is 1. The Balaban J connectivity index is 1.71. The van der Waals surface area contributed by atoms with Crippen molar-refractivity contribution >= 4 is 27.7 Å². The van der Waals surface area contributed by atoms with Crippen LogP contribution in [0.1, 0.15) is 16.7 Å².